The van der Waals surface area contributed by atoms with Crippen LogP contribution >= 0.6 is 0 Å². The third kappa shape index (κ3) is 2.19. The van der Waals surface area contributed by atoms with Crippen molar-refractivity contribution in [2.45, 2.75) is 6.10 Å². The molecule has 3 heteroatoms. The molecule has 0 aliphatic heterocycles. The molecular weight excluding hydrogens is 193 g/mol. The molecule has 1 aromatic heterocycles. The zero-order valence-corrected chi connectivity index (χ0v) is 7.66. The predicted octanol–water partition coefficient (Wildman–Crippen LogP) is 2.30. The first-order chi connectivity index (χ1) is 8.95. The maximum atomic E-state index is 13.4. The molecule has 0 aliphatic rings. The number of aliphatic hydroxyl groups excluding tert-OH is 1. The van der Waals surface area contributed by atoms with Gasteiger partial charge in [-0.05, 0) is 35.3 Å². The van der Waals surface area contributed by atoms with Gasteiger partial charge in [-0.2, -0.15) is 0 Å². The molecule has 0 spiro atoms. The molecule has 0 saturated heterocycles. The van der Waals surface area contributed by atoms with Crippen LogP contribution in [0.3, 0.4) is 0 Å². The SMILES string of the molecule is [2H]c1c([2H])c(C(O)c2ccncc2)c([2H])c([2H])c1F. The Hall–Kier alpha value is -1.74. The number of nitrogens with zero attached hydrogens (tertiary/aromatic N) is 1. The van der Waals surface area contributed by atoms with Gasteiger partial charge in [-0.3, -0.25) is 4.98 Å². The molecule has 0 saturated carbocycles. The van der Waals surface area contributed by atoms with Gasteiger partial charge in [0.1, 0.15) is 11.9 Å². The van der Waals surface area contributed by atoms with Crippen LogP contribution in [-0.2, 0) is 0 Å². The monoisotopic (exact) mass is 207 g/mol. The van der Waals surface area contributed by atoms with Gasteiger partial charge in [0.25, 0.3) is 0 Å². The summed E-state index contributed by atoms with van der Waals surface area (Å²) < 4.78 is 43.5. The van der Waals surface area contributed by atoms with E-state index >= 15 is 0 Å². The summed E-state index contributed by atoms with van der Waals surface area (Å²) in [5.41, 5.74) is 0.116. The fourth-order valence-corrected chi connectivity index (χ4v) is 1.16. The van der Waals surface area contributed by atoms with Crippen LogP contribution in [-0.4, -0.2) is 10.1 Å². The van der Waals surface area contributed by atoms with E-state index in [0.29, 0.717) is 5.56 Å². The van der Waals surface area contributed by atoms with E-state index < -0.39 is 36.1 Å². The standard InChI is InChI=1S/C12H10FNO/c13-11-3-1-9(2-4-11)12(15)10-5-7-14-8-6-10/h1-8,12,15H/i1D,2D,3D,4D. The summed E-state index contributed by atoms with van der Waals surface area (Å²) in [5.74, 6) is -1.22. The number of benzene rings is 1. The van der Waals surface area contributed by atoms with Crippen LogP contribution in [0, 0.1) is 5.82 Å². The third-order valence-electron chi connectivity index (χ3n) is 1.91. The van der Waals surface area contributed by atoms with Gasteiger partial charge in [-0.15, -0.1) is 0 Å². The van der Waals surface area contributed by atoms with Crippen LogP contribution in [0.15, 0.2) is 48.7 Å². The second-order valence-corrected chi connectivity index (χ2v) is 2.91. The van der Waals surface area contributed by atoms with Gasteiger partial charge in [0.15, 0.2) is 0 Å². The molecule has 1 aromatic carbocycles. The highest BCUT2D eigenvalue weighted by Gasteiger charge is 2.09. The van der Waals surface area contributed by atoms with Crippen molar-refractivity contribution < 1.29 is 15.0 Å². The van der Waals surface area contributed by atoms with E-state index in [0.717, 1.165) is 0 Å². The quantitative estimate of drug-likeness (QED) is 0.819. The van der Waals surface area contributed by atoms with Crippen LogP contribution in [0.25, 0.3) is 0 Å². The first-order valence-electron chi connectivity index (χ1n) is 6.28. The van der Waals surface area contributed by atoms with Gasteiger partial charge in [0, 0.05) is 12.4 Å². The molecule has 15 heavy (non-hydrogen) atoms. The van der Waals surface area contributed by atoms with Crippen LogP contribution in [0.1, 0.15) is 22.7 Å². The first kappa shape index (κ1) is 5.98. The molecule has 1 N–H and O–H groups in total. The van der Waals surface area contributed by atoms with Gasteiger partial charge in [0.2, 0.25) is 0 Å². The Balaban J connectivity index is 2.64. The fraction of sp³-hybridized carbons (Fsp3) is 0.0833. The molecule has 2 aromatic rings. The van der Waals surface area contributed by atoms with Gasteiger partial charge < -0.3 is 5.11 Å². The van der Waals surface area contributed by atoms with Crippen molar-refractivity contribution in [3.8, 4) is 0 Å². The molecule has 76 valence electrons. The first-order valence-corrected chi connectivity index (χ1v) is 4.28. The molecular formula is C12H10FNO. The zero-order chi connectivity index (χ0) is 14.2. The molecule has 2 nitrogen and oxygen atoms in total. The van der Waals surface area contributed by atoms with Crippen molar-refractivity contribution in [3.05, 3.63) is 65.6 Å². The molecule has 0 fully saturated rings. The van der Waals surface area contributed by atoms with Crippen molar-refractivity contribution in [2.75, 3.05) is 0 Å². The number of aliphatic hydroxyl groups is 1. The largest absolute Gasteiger partial charge is 0.384 e. The Kier molecular flexibility index (Phi) is 1.67. The highest BCUT2D eigenvalue weighted by Crippen LogP contribution is 2.20. The summed E-state index contributed by atoms with van der Waals surface area (Å²) in [4.78, 5) is 3.78. The van der Waals surface area contributed by atoms with Crippen LogP contribution < -0.4 is 0 Å². The molecule has 0 amide bonds. The molecule has 1 unspecified atom stereocenters. The van der Waals surface area contributed by atoms with Crippen molar-refractivity contribution >= 4 is 0 Å². The van der Waals surface area contributed by atoms with E-state index in [4.69, 9.17) is 5.48 Å². The number of rotatable bonds is 2. The average Bonchev–Trinajstić information content (AvgIpc) is 2.44. The van der Waals surface area contributed by atoms with E-state index in [-0.39, 0.29) is 5.56 Å². The van der Waals surface area contributed by atoms with Crippen LogP contribution in [0.4, 0.5) is 4.39 Å². The van der Waals surface area contributed by atoms with Crippen molar-refractivity contribution in [2.24, 2.45) is 0 Å². The van der Waals surface area contributed by atoms with Gasteiger partial charge in [-0.25, -0.2) is 4.39 Å². The second kappa shape index (κ2) is 4.19. The van der Waals surface area contributed by atoms with E-state index in [9.17, 15) is 9.50 Å². The summed E-state index contributed by atoms with van der Waals surface area (Å²) in [5, 5.41) is 10.1. The maximum absolute atomic E-state index is 13.4. The molecule has 1 heterocycles. The Morgan fingerprint density at radius 1 is 1.13 bits per heavy atom. The lowest BCUT2D eigenvalue weighted by atomic mass is 10.0. The highest BCUT2D eigenvalue weighted by molar-refractivity contribution is 5.28. The average molecular weight is 207 g/mol. The number of hydrogen-bond acceptors (Lipinski definition) is 2. The topological polar surface area (TPSA) is 33.1 Å². The summed E-state index contributed by atoms with van der Waals surface area (Å²) in [7, 11) is 0. The number of halogens is 1. The smallest absolute Gasteiger partial charge is 0.123 e. The summed E-state index contributed by atoms with van der Waals surface area (Å²) >= 11 is 0. The van der Waals surface area contributed by atoms with Crippen molar-refractivity contribution in [1.82, 2.24) is 4.98 Å². The van der Waals surface area contributed by atoms with Crippen molar-refractivity contribution in [3.63, 3.8) is 0 Å². The summed E-state index contributed by atoms with van der Waals surface area (Å²) in [6, 6.07) is 0.235. The zero-order valence-electron chi connectivity index (χ0n) is 11.7. The number of hydrogen-bond donors (Lipinski definition) is 1. The van der Waals surface area contributed by atoms with Crippen molar-refractivity contribution in [1.29, 1.82) is 0 Å². The lowest BCUT2D eigenvalue weighted by molar-refractivity contribution is 0.220. The minimum Gasteiger partial charge on any atom is -0.384 e. The molecule has 0 aliphatic carbocycles. The third-order valence-corrected chi connectivity index (χ3v) is 1.91. The number of pyridine rings is 1. The van der Waals surface area contributed by atoms with E-state index in [1.807, 2.05) is 0 Å². The normalized spacial score (nSPS) is 16.1. The van der Waals surface area contributed by atoms with Crippen LogP contribution in [0.5, 0.6) is 0 Å². The fourth-order valence-electron chi connectivity index (χ4n) is 1.16. The lowest BCUT2D eigenvalue weighted by Gasteiger charge is -2.10. The summed E-state index contributed by atoms with van der Waals surface area (Å²) in [6.45, 7) is 0. The van der Waals surface area contributed by atoms with E-state index in [2.05, 4.69) is 4.98 Å². The second-order valence-electron chi connectivity index (χ2n) is 2.91. The van der Waals surface area contributed by atoms with Crippen LogP contribution in [0.2, 0.25) is 0 Å². The number of aromatic nitrogens is 1. The molecule has 0 bridgehead atoms. The minimum absolute atomic E-state index is 0.248. The van der Waals surface area contributed by atoms with E-state index in [1.165, 1.54) is 24.5 Å². The van der Waals surface area contributed by atoms with Gasteiger partial charge in [0.05, 0.1) is 5.48 Å². The maximum Gasteiger partial charge on any atom is 0.123 e. The Labute approximate surface area is 92.7 Å². The molecule has 2 rings (SSSR count). The predicted molar refractivity (Wildman–Crippen MR) is 54.7 cm³/mol. The lowest BCUT2D eigenvalue weighted by Crippen LogP contribution is -1.99. The highest BCUT2D eigenvalue weighted by atomic mass is 19.1. The van der Waals surface area contributed by atoms with Gasteiger partial charge in [-0.1, -0.05) is 12.1 Å². The van der Waals surface area contributed by atoms with Gasteiger partial charge >= 0.3 is 0 Å². The molecule has 1 atom stereocenters. The summed E-state index contributed by atoms with van der Waals surface area (Å²) in [6.07, 6.45) is 1.49. The Bertz CT molecular complexity index is 592. The Morgan fingerprint density at radius 2 is 1.73 bits per heavy atom. The Morgan fingerprint density at radius 3 is 2.33 bits per heavy atom. The van der Waals surface area contributed by atoms with E-state index in [1.54, 1.807) is 0 Å². The molecule has 0 radical (unpaired) electrons. The minimum atomic E-state index is -1.36.